The predicted octanol–water partition coefficient (Wildman–Crippen LogP) is 3.67. The third kappa shape index (κ3) is 4.19. The van der Waals surface area contributed by atoms with Gasteiger partial charge >= 0.3 is 0 Å². The number of rotatable bonds is 7. The standard InChI is InChI=1S/C27H24N3OP/c28-29-21-26(30-27(31)22-13-5-1-6-14-22)32(23-15-7-2-8-16-23,24-17-9-3-10-18-24)25-19-11-4-12-20-25/h1-21,29H,28H2/p+1/b26-21+. The Kier molecular flexibility index (Phi) is 6.76. The molecule has 0 bridgehead atoms. The molecule has 0 aliphatic heterocycles. The number of hydrazine groups is 1. The van der Waals surface area contributed by atoms with Gasteiger partial charge < -0.3 is 5.43 Å². The highest BCUT2D eigenvalue weighted by Crippen LogP contribution is 2.61. The summed E-state index contributed by atoms with van der Waals surface area (Å²) in [6, 6.07) is 40.1. The minimum absolute atomic E-state index is 0.181. The van der Waals surface area contributed by atoms with Gasteiger partial charge in [-0.05, 0) is 48.5 Å². The first-order chi connectivity index (χ1) is 15.8. The Hall–Kier alpha value is -3.72. The van der Waals surface area contributed by atoms with Crippen molar-refractivity contribution in [2.75, 3.05) is 0 Å². The number of hydrogen-bond donors (Lipinski definition) is 3. The summed E-state index contributed by atoms with van der Waals surface area (Å²) in [5.74, 6) is 5.63. The van der Waals surface area contributed by atoms with Gasteiger partial charge in [0.25, 0.3) is 5.91 Å². The summed E-state index contributed by atoms with van der Waals surface area (Å²) in [6.45, 7) is 0. The second kappa shape index (κ2) is 10.1. The van der Waals surface area contributed by atoms with E-state index in [2.05, 4.69) is 47.1 Å². The summed E-state index contributed by atoms with van der Waals surface area (Å²) >= 11 is 0. The Morgan fingerprint density at radius 2 is 1.00 bits per heavy atom. The van der Waals surface area contributed by atoms with Crippen molar-refractivity contribution in [3.05, 3.63) is 139 Å². The van der Waals surface area contributed by atoms with Crippen molar-refractivity contribution in [1.82, 2.24) is 10.7 Å². The fraction of sp³-hybridized carbons (Fsp3) is 0. The van der Waals surface area contributed by atoms with Gasteiger partial charge in [0.15, 0.2) is 12.7 Å². The molecule has 0 saturated heterocycles. The summed E-state index contributed by atoms with van der Waals surface area (Å²) < 4.78 is 0. The summed E-state index contributed by atoms with van der Waals surface area (Å²) in [7, 11) is -2.47. The lowest BCUT2D eigenvalue weighted by atomic mass is 10.2. The van der Waals surface area contributed by atoms with E-state index in [0.717, 1.165) is 21.4 Å². The average Bonchev–Trinajstić information content (AvgIpc) is 2.87. The zero-order valence-electron chi connectivity index (χ0n) is 17.6. The van der Waals surface area contributed by atoms with E-state index < -0.39 is 7.26 Å². The molecule has 0 aromatic heterocycles. The number of nitrogens with two attached hydrogens (primary N) is 1. The minimum atomic E-state index is -2.47. The zero-order chi connectivity index (χ0) is 22.2. The summed E-state index contributed by atoms with van der Waals surface area (Å²) in [6.07, 6.45) is 1.71. The van der Waals surface area contributed by atoms with Crippen molar-refractivity contribution < 1.29 is 4.79 Å². The van der Waals surface area contributed by atoms with Crippen LogP contribution in [0.2, 0.25) is 0 Å². The third-order valence-corrected chi connectivity index (χ3v) is 9.47. The molecule has 1 amide bonds. The maximum absolute atomic E-state index is 13.3. The quantitative estimate of drug-likeness (QED) is 0.234. The number of carbonyl (C=O) groups is 1. The van der Waals surface area contributed by atoms with Crippen molar-refractivity contribution in [3.63, 3.8) is 0 Å². The molecular weight excluding hydrogens is 413 g/mol. The van der Waals surface area contributed by atoms with Gasteiger partial charge in [-0.3, -0.25) is 16.0 Å². The first-order valence-electron chi connectivity index (χ1n) is 10.4. The number of nitrogens with one attached hydrogen (secondary N) is 2. The van der Waals surface area contributed by atoms with E-state index in [9.17, 15) is 4.79 Å². The fourth-order valence-corrected chi connectivity index (χ4v) is 8.02. The third-order valence-electron chi connectivity index (χ3n) is 5.29. The topological polar surface area (TPSA) is 67.2 Å². The molecule has 0 aliphatic rings. The van der Waals surface area contributed by atoms with Crippen molar-refractivity contribution in [1.29, 1.82) is 0 Å². The van der Waals surface area contributed by atoms with E-state index in [0.29, 0.717) is 5.56 Å². The first kappa shape index (κ1) is 21.5. The Balaban J connectivity index is 1.99. The highest BCUT2D eigenvalue weighted by Gasteiger charge is 2.50. The maximum Gasteiger partial charge on any atom is 0.258 e. The molecule has 0 unspecified atom stereocenters. The molecule has 0 spiro atoms. The molecule has 4 rings (SSSR count). The summed E-state index contributed by atoms with van der Waals surface area (Å²) in [4.78, 5) is 13.3. The molecule has 0 saturated carbocycles. The van der Waals surface area contributed by atoms with Gasteiger partial charge in [-0.2, -0.15) is 0 Å². The lowest BCUT2D eigenvalue weighted by Gasteiger charge is -2.29. The number of carbonyl (C=O) groups excluding carboxylic acids is 1. The number of amides is 1. The largest absolute Gasteiger partial charge is 0.326 e. The molecule has 32 heavy (non-hydrogen) atoms. The molecule has 0 fully saturated rings. The highest BCUT2D eigenvalue weighted by atomic mass is 31.2. The van der Waals surface area contributed by atoms with Gasteiger partial charge in [-0.1, -0.05) is 72.8 Å². The van der Waals surface area contributed by atoms with Gasteiger partial charge in [-0.15, -0.1) is 0 Å². The van der Waals surface area contributed by atoms with Crippen LogP contribution in [0.4, 0.5) is 0 Å². The summed E-state index contributed by atoms with van der Waals surface area (Å²) in [5.41, 5.74) is 4.01. The second-order valence-electron chi connectivity index (χ2n) is 7.19. The van der Waals surface area contributed by atoms with E-state index in [-0.39, 0.29) is 5.91 Å². The van der Waals surface area contributed by atoms with Gasteiger partial charge in [0.2, 0.25) is 0 Å². The van der Waals surface area contributed by atoms with Gasteiger partial charge in [0, 0.05) is 5.56 Å². The zero-order valence-corrected chi connectivity index (χ0v) is 18.5. The Bertz CT molecular complexity index is 1080. The molecule has 0 heterocycles. The van der Waals surface area contributed by atoms with Gasteiger partial charge in [-0.25, -0.2) is 0 Å². The Labute approximate surface area is 189 Å². The van der Waals surface area contributed by atoms with Crippen LogP contribution in [0.5, 0.6) is 0 Å². The van der Waals surface area contributed by atoms with Crippen LogP contribution < -0.4 is 32.5 Å². The molecule has 0 atom stereocenters. The second-order valence-corrected chi connectivity index (χ2v) is 10.6. The number of benzene rings is 4. The Morgan fingerprint density at radius 1 is 0.625 bits per heavy atom. The van der Waals surface area contributed by atoms with E-state index >= 15 is 0 Å². The van der Waals surface area contributed by atoms with Crippen LogP contribution in [0.25, 0.3) is 0 Å². The van der Waals surface area contributed by atoms with Crippen LogP contribution in [0.3, 0.4) is 0 Å². The molecule has 0 aliphatic carbocycles. The lowest BCUT2D eigenvalue weighted by Crippen LogP contribution is -2.39. The number of hydrogen-bond acceptors (Lipinski definition) is 3. The highest BCUT2D eigenvalue weighted by molar-refractivity contribution is 7.99. The van der Waals surface area contributed by atoms with Gasteiger partial charge in [0.05, 0.1) is 6.20 Å². The summed E-state index contributed by atoms with van der Waals surface area (Å²) in [5, 5.41) is 6.55. The van der Waals surface area contributed by atoms with Crippen LogP contribution >= 0.6 is 7.26 Å². The van der Waals surface area contributed by atoms with E-state index in [1.54, 1.807) is 18.3 Å². The molecule has 158 valence electrons. The van der Waals surface area contributed by atoms with Crippen molar-refractivity contribution in [2.45, 2.75) is 0 Å². The average molecular weight is 438 g/mol. The van der Waals surface area contributed by atoms with Crippen LogP contribution in [0.15, 0.2) is 133 Å². The normalized spacial score (nSPS) is 11.6. The van der Waals surface area contributed by atoms with Crippen LogP contribution in [-0.2, 0) is 0 Å². The van der Waals surface area contributed by atoms with E-state index in [1.165, 1.54) is 0 Å². The molecule has 4 nitrogen and oxygen atoms in total. The monoisotopic (exact) mass is 438 g/mol. The molecule has 0 radical (unpaired) electrons. The fourth-order valence-electron chi connectivity index (χ4n) is 3.89. The van der Waals surface area contributed by atoms with Crippen LogP contribution in [0.1, 0.15) is 10.4 Å². The van der Waals surface area contributed by atoms with Crippen molar-refractivity contribution in [2.24, 2.45) is 5.84 Å². The molecular formula is C27H25N3OP+. The predicted molar refractivity (Wildman–Crippen MR) is 134 cm³/mol. The molecule has 4 aromatic rings. The first-order valence-corrected chi connectivity index (χ1v) is 12.1. The maximum atomic E-state index is 13.3. The van der Waals surface area contributed by atoms with Crippen molar-refractivity contribution in [3.8, 4) is 0 Å². The lowest BCUT2D eigenvalue weighted by molar-refractivity contribution is 0.0968. The van der Waals surface area contributed by atoms with Crippen LogP contribution in [0, 0.1) is 0 Å². The molecule has 5 heteroatoms. The van der Waals surface area contributed by atoms with E-state index in [4.69, 9.17) is 5.84 Å². The Morgan fingerprint density at radius 3 is 1.38 bits per heavy atom. The SMILES string of the molecule is NN/C=C(\NC(=O)c1ccccc1)[P+](c1ccccc1)(c1ccccc1)c1ccccc1. The minimum Gasteiger partial charge on any atom is -0.326 e. The van der Waals surface area contributed by atoms with Crippen LogP contribution in [-0.4, -0.2) is 5.91 Å². The van der Waals surface area contributed by atoms with E-state index in [1.807, 2.05) is 72.8 Å². The molecule has 4 N–H and O–H groups in total. The van der Waals surface area contributed by atoms with Gasteiger partial charge in [0.1, 0.15) is 15.9 Å². The smallest absolute Gasteiger partial charge is 0.258 e. The van der Waals surface area contributed by atoms with Crippen molar-refractivity contribution >= 4 is 29.1 Å². The molecule has 4 aromatic carbocycles.